The molecule has 170 valence electrons. The molecule has 5 nitrogen and oxygen atoms in total. The van der Waals surface area contributed by atoms with Crippen molar-refractivity contribution < 1.29 is 19.7 Å². The van der Waals surface area contributed by atoms with E-state index in [-0.39, 0.29) is 30.0 Å². The van der Waals surface area contributed by atoms with Gasteiger partial charge in [-0.3, -0.25) is 0 Å². The van der Waals surface area contributed by atoms with Gasteiger partial charge in [0.15, 0.2) is 5.79 Å². The van der Waals surface area contributed by atoms with E-state index in [1.807, 2.05) is 6.92 Å². The topological polar surface area (TPSA) is 84.9 Å². The van der Waals surface area contributed by atoms with Gasteiger partial charge in [0.25, 0.3) is 0 Å². The predicted molar refractivity (Wildman–Crippen MR) is 117 cm³/mol. The van der Waals surface area contributed by atoms with Gasteiger partial charge in [-0.15, -0.1) is 0 Å². The van der Waals surface area contributed by atoms with Gasteiger partial charge in [-0.05, 0) is 56.9 Å². The third kappa shape index (κ3) is 7.91. The van der Waals surface area contributed by atoms with Gasteiger partial charge in [0.1, 0.15) is 0 Å². The van der Waals surface area contributed by atoms with E-state index in [0.717, 1.165) is 25.7 Å². The Bertz CT molecular complexity index is 385. The zero-order chi connectivity index (χ0) is 21.7. The van der Waals surface area contributed by atoms with Crippen LogP contribution in [0, 0.1) is 16.7 Å². The van der Waals surface area contributed by atoms with Crippen molar-refractivity contribution in [3.05, 3.63) is 0 Å². The molecular formula is C23H49NO4. The third-order valence-electron chi connectivity index (χ3n) is 6.96. The molecule has 0 aromatic heterocycles. The predicted octanol–water partition coefficient (Wildman–Crippen LogP) is 4.49. The van der Waals surface area contributed by atoms with E-state index in [9.17, 15) is 10.2 Å². The van der Waals surface area contributed by atoms with Crippen molar-refractivity contribution in [2.45, 2.75) is 97.7 Å². The maximum Gasteiger partial charge on any atom is 0.170 e. The van der Waals surface area contributed by atoms with Gasteiger partial charge >= 0.3 is 0 Å². The highest BCUT2D eigenvalue weighted by Gasteiger charge is 2.53. The number of rotatable bonds is 18. The van der Waals surface area contributed by atoms with Crippen molar-refractivity contribution in [2.75, 3.05) is 34.0 Å². The van der Waals surface area contributed by atoms with Crippen molar-refractivity contribution in [3.63, 3.8) is 0 Å². The second-order valence-electron chi connectivity index (χ2n) is 9.26. The molecular weight excluding hydrogens is 354 g/mol. The van der Waals surface area contributed by atoms with E-state index in [4.69, 9.17) is 15.2 Å². The molecule has 0 bridgehead atoms. The first-order valence-electron chi connectivity index (χ1n) is 11.2. The van der Waals surface area contributed by atoms with Crippen LogP contribution in [-0.2, 0) is 9.47 Å². The Morgan fingerprint density at radius 2 is 1.43 bits per heavy atom. The number of hydrogen-bond donors (Lipinski definition) is 3. The third-order valence-corrected chi connectivity index (χ3v) is 6.96. The lowest BCUT2D eigenvalue weighted by molar-refractivity contribution is -0.289. The van der Waals surface area contributed by atoms with E-state index in [2.05, 4.69) is 20.8 Å². The summed E-state index contributed by atoms with van der Waals surface area (Å²) in [4.78, 5) is 0. The molecule has 0 aromatic rings. The lowest BCUT2D eigenvalue weighted by atomic mass is 9.60. The molecule has 28 heavy (non-hydrogen) atoms. The van der Waals surface area contributed by atoms with Gasteiger partial charge in [-0.25, -0.2) is 0 Å². The highest BCUT2D eigenvalue weighted by atomic mass is 16.7. The van der Waals surface area contributed by atoms with Gasteiger partial charge in [0, 0.05) is 32.8 Å². The van der Waals surface area contributed by atoms with Crippen molar-refractivity contribution in [1.29, 1.82) is 0 Å². The average Bonchev–Trinajstić information content (AvgIpc) is 2.69. The van der Waals surface area contributed by atoms with Crippen LogP contribution in [0.25, 0.3) is 0 Å². The van der Waals surface area contributed by atoms with Crippen LogP contribution < -0.4 is 5.73 Å². The zero-order valence-corrected chi connectivity index (χ0v) is 19.6. The second kappa shape index (κ2) is 13.9. The number of ether oxygens (including phenoxy) is 2. The molecule has 0 fully saturated rings. The molecule has 0 aliphatic carbocycles. The minimum atomic E-state index is -0.830. The molecule has 5 heteroatoms. The van der Waals surface area contributed by atoms with E-state index in [0.29, 0.717) is 19.4 Å². The van der Waals surface area contributed by atoms with Crippen LogP contribution in [-0.4, -0.2) is 50.0 Å². The summed E-state index contributed by atoms with van der Waals surface area (Å²) in [6.07, 6.45) is 10.1. The summed E-state index contributed by atoms with van der Waals surface area (Å²) >= 11 is 0. The maximum absolute atomic E-state index is 10.0. The molecule has 0 aliphatic rings. The fraction of sp³-hybridized carbons (Fsp3) is 1.00. The van der Waals surface area contributed by atoms with Gasteiger partial charge < -0.3 is 25.4 Å². The Morgan fingerprint density at radius 1 is 0.821 bits per heavy atom. The van der Waals surface area contributed by atoms with Crippen LogP contribution in [0.2, 0.25) is 0 Å². The van der Waals surface area contributed by atoms with Gasteiger partial charge in [-0.2, -0.15) is 0 Å². The molecule has 0 radical (unpaired) electrons. The Hall–Kier alpha value is -0.200. The summed E-state index contributed by atoms with van der Waals surface area (Å²) in [5, 5.41) is 19.8. The van der Waals surface area contributed by atoms with Crippen molar-refractivity contribution >= 4 is 0 Å². The highest BCUT2D eigenvalue weighted by molar-refractivity contribution is 4.97. The Balaban J connectivity index is 5.79. The number of aliphatic hydroxyl groups excluding tert-OH is 2. The van der Waals surface area contributed by atoms with E-state index < -0.39 is 5.79 Å². The summed E-state index contributed by atoms with van der Waals surface area (Å²) in [6, 6.07) is 0. The summed E-state index contributed by atoms with van der Waals surface area (Å²) in [7, 11) is 3.36. The minimum absolute atomic E-state index is 0.00793. The van der Waals surface area contributed by atoms with Gasteiger partial charge in [0.05, 0.1) is 0 Å². The summed E-state index contributed by atoms with van der Waals surface area (Å²) in [6.45, 7) is 9.39. The fourth-order valence-corrected chi connectivity index (χ4v) is 4.56. The standard InChI is InChI=1S/C23H49NO4/c1-7-8-9-10-11-12-20(13-17-25)23(16-18-26,22(4,27-5)28-6)15-14-21(2,3)19-24/h20,25-26H,7-19,24H2,1-6H3. The van der Waals surface area contributed by atoms with Crippen molar-refractivity contribution in [2.24, 2.45) is 22.5 Å². The minimum Gasteiger partial charge on any atom is -0.396 e. The Labute approximate surface area is 174 Å². The molecule has 2 unspecified atom stereocenters. The molecule has 0 spiro atoms. The number of hydrogen-bond acceptors (Lipinski definition) is 5. The normalized spacial score (nSPS) is 16.2. The van der Waals surface area contributed by atoms with Crippen LogP contribution in [0.15, 0.2) is 0 Å². The van der Waals surface area contributed by atoms with Gasteiger partial charge in [-0.1, -0.05) is 52.9 Å². The number of aliphatic hydroxyl groups is 2. The number of unbranched alkanes of at least 4 members (excludes halogenated alkanes) is 4. The van der Waals surface area contributed by atoms with Gasteiger partial charge in [0.2, 0.25) is 0 Å². The largest absolute Gasteiger partial charge is 0.396 e. The maximum atomic E-state index is 10.0. The summed E-state index contributed by atoms with van der Waals surface area (Å²) in [5.41, 5.74) is 5.62. The Kier molecular flexibility index (Phi) is 13.8. The monoisotopic (exact) mass is 403 g/mol. The second-order valence-corrected chi connectivity index (χ2v) is 9.26. The van der Waals surface area contributed by atoms with E-state index in [1.165, 1.54) is 25.7 Å². The smallest absolute Gasteiger partial charge is 0.170 e. The van der Waals surface area contributed by atoms with Crippen LogP contribution in [0.4, 0.5) is 0 Å². The lowest BCUT2D eigenvalue weighted by Gasteiger charge is -2.52. The highest BCUT2D eigenvalue weighted by Crippen LogP contribution is 2.52. The molecule has 0 saturated heterocycles. The molecule has 0 aliphatic heterocycles. The first-order chi connectivity index (χ1) is 13.2. The van der Waals surface area contributed by atoms with E-state index >= 15 is 0 Å². The lowest BCUT2D eigenvalue weighted by Crippen LogP contribution is -2.54. The Morgan fingerprint density at radius 3 is 1.89 bits per heavy atom. The summed E-state index contributed by atoms with van der Waals surface area (Å²) in [5.74, 6) is -0.617. The first kappa shape index (κ1) is 27.8. The molecule has 2 atom stereocenters. The summed E-state index contributed by atoms with van der Waals surface area (Å²) < 4.78 is 11.9. The molecule has 0 aromatic carbocycles. The number of methoxy groups -OCH3 is 2. The molecule has 4 N–H and O–H groups in total. The van der Waals surface area contributed by atoms with Crippen LogP contribution in [0.1, 0.15) is 91.9 Å². The molecule has 0 saturated carbocycles. The van der Waals surface area contributed by atoms with Crippen molar-refractivity contribution in [3.8, 4) is 0 Å². The van der Waals surface area contributed by atoms with Crippen LogP contribution in [0.3, 0.4) is 0 Å². The molecule has 0 amide bonds. The first-order valence-corrected chi connectivity index (χ1v) is 11.2. The average molecular weight is 404 g/mol. The van der Waals surface area contributed by atoms with E-state index in [1.54, 1.807) is 14.2 Å². The van der Waals surface area contributed by atoms with Crippen LogP contribution >= 0.6 is 0 Å². The number of nitrogens with two attached hydrogens (primary N) is 1. The SMILES string of the molecule is CCCCCCCC(CCO)C(CCO)(CCC(C)(C)CN)C(C)(OC)OC. The quantitative estimate of drug-likeness (QED) is 0.232. The van der Waals surface area contributed by atoms with Crippen LogP contribution in [0.5, 0.6) is 0 Å². The molecule has 0 rings (SSSR count). The zero-order valence-electron chi connectivity index (χ0n) is 19.6. The molecule has 0 heterocycles. The van der Waals surface area contributed by atoms with Crippen molar-refractivity contribution in [1.82, 2.24) is 0 Å². The fourth-order valence-electron chi connectivity index (χ4n) is 4.56.